The lowest BCUT2D eigenvalue weighted by Crippen LogP contribution is -2.19. The second-order valence-corrected chi connectivity index (χ2v) is 4.06. The Labute approximate surface area is 107 Å². The summed E-state index contributed by atoms with van der Waals surface area (Å²) in [4.78, 5) is 34.5. The molecule has 1 aromatic rings. The molecule has 0 atom stereocenters. The Morgan fingerprint density at radius 1 is 1.16 bits per heavy atom. The number of carboxylic acids is 1. The van der Waals surface area contributed by atoms with Gasteiger partial charge in [0.2, 0.25) is 5.78 Å². The monoisotopic (exact) mass is 260 g/mol. The Bertz CT molecular complexity index is 668. The third-order valence-corrected chi connectivity index (χ3v) is 2.79. The molecule has 96 valence electrons. The van der Waals surface area contributed by atoms with E-state index >= 15 is 0 Å². The van der Waals surface area contributed by atoms with E-state index in [9.17, 15) is 18.8 Å². The maximum atomic E-state index is 13.9. The predicted molar refractivity (Wildman–Crippen MR) is 64.6 cm³/mol. The molecule has 0 unspecified atom stereocenters. The van der Waals surface area contributed by atoms with Crippen LogP contribution in [0.2, 0.25) is 0 Å². The number of ketones is 2. The molecule has 0 saturated carbocycles. The Morgan fingerprint density at radius 2 is 1.68 bits per heavy atom. The largest absolute Gasteiger partial charge is 0.478 e. The number of allylic oxidation sites excluding steroid dienone is 3. The van der Waals surface area contributed by atoms with Crippen LogP contribution in [0, 0.1) is 0 Å². The average Bonchev–Trinajstić information content (AvgIpc) is 2.40. The molecule has 0 radical (unpaired) electrons. The fraction of sp³-hybridized carbons (Fsp3) is 0.0714. The molecule has 5 heteroatoms. The zero-order valence-corrected chi connectivity index (χ0v) is 9.94. The summed E-state index contributed by atoms with van der Waals surface area (Å²) in [6.45, 7) is 1.22. The molecule has 1 N–H and O–H groups in total. The van der Waals surface area contributed by atoms with Gasteiger partial charge in [-0.2, -0.15) is 0 Å². The maximum Gasteiger partial charge on any atom is 0.331 e. The maximum absolute atomic E-state index is 13.9. The fourth-order valence-corrected chi connectivity index (χ4v) is 1.77. The van der Waals surface area contributed by atoms with Crippen LogP contribution in [0.1, 0.15) is 27.6 Å². The molecule has 19 heavy (non-hydrogen) atoms. The van der Waals surface area contributed by atoms with Crippen LogP contribution in [-0.2, 0) is 4.79 Å². The predicted octanol–water partition coefficient (Wildman–Crippen LogP) is 2.32. The summed E-state index contributed by atoms with van der Waals surface area (Å²) in [7, 11) is 0. The molecule has 4 nitrogen and oxygen atoms in total. The van der Waals surface area contributed by atoms with E-state index in [2.05, 4.69) is 0 Å². The highest BCUT2D eigenvalue weighted by atomic mass is 19.1. The van der Waals surface area contributed by atoms with Crippen LogP contribution in [0.5, 0.6) is 0 Å². The van der Waals surface area contributed by atoms with Crippen LogP contribution >= 0.6 is 0 Å². The normalized spacial score (nSPS) is 15.6. The van der Waals surface area contributed by atoms with Crippen LogP contribution in [0.25, 0.3) is 0 Å². The number of fused-ring (bicyclic) bond motifs is 1. The van der Waals surface area contributed by atoms with E-state index in [-0.39, 0.29) is 16.7 Å². The van der Waals surface area contributed by atoms with Gasteiger partial charge in [-0.25, -0.2) is 9.18 Å². The average molecular weight is 260 g/mol. The van der Waals surface area contributed by atoms with Gasteiger partial charge in [-0.05, 0) is 13.0 Å². The molecule has 0 amide bonds. The molecular formula is C14H9FO4. The van der Waals surface area contributed by atoms with Crippen molar-refractivity contribution >= 4 is 17.5 Å². The molecular weight excluding hydrogens is 251 g/mol. The lowest BCUT2D eigenvalue weighted by Gasteiger charge is -2.14. The summed E-state index contributed by atoms with van der Waals surface area (Å²) in [6.07, 6.45) is 0.883. The van der Waals surface area contributed by atoms with Gasteiger partial charge in [-0.3, -0.25) is 9.59 Å². The van der Waals surface area contributed by atoms with E-state index in [1.54, 1.807) is 6.07 Å². The van der Waals surface area contributed by atoms with Crippen LogP contribution < -0.4 is 0 Å². The molecule has 1 aliphatic rings. The molecule has 0 bridgehead atoms. The zero-order chi connectivity index (χ0) is 14.2. The van der Waals surface area contributed by atoms with Gasteiger partial charge in [-0.1, -0.05) is 24.3 Å². The molecule has 1 aromatic carbocycles. The van der Waals surface area contributed by atoms with Crippen molar-refractivity contribution in [3.8, 4) is 0 Å². The van der Waals surface area contributed by atoms with Gasteiger partial charge in [0.15, 0.2) is 11.6 Å². The van der Waals surface area contributed by atoms with Crippen molar-refractivity contribution in [3.05, 3.63) is 58.4 Å². The first kappa shape index (κ1) is 12.9. The van der Waals surface area contributed by atoms with Crippen LogP contribution in [0.4, 0.5) is 4.39 Å². The SMILES string of the molecule is C/C(=C/C1=C(F)C(=O)c2ccccc2C1=O)C(=O)O. The molecule has 0 aromatic heterocycles. The minimum absolute atomic E-state index is 0.00451. The van der Waals surface area contributed by atoms with Crippen LogP contribution in [0.15, 0.2) is 47.3 Å². The summed E-state index contributed by atoms with van der Waals surface area (Å²) < 4.78 is 13.9. The Hall–Kier alpha value is -2.56. The van der Waals surface area contributed by atoms with E-state index in [0.717, 1.165) is 6.08 Å². The summed E-state index contributed by atoms with van der Waals surface area (Å²) in [5.74, 6) is -4.09. The van der Waals surface area contributed by atoms with Gasteiger partial charge in [0.05, 0.1) is 5.57 Å². The molecule has 0 heterocycles. The summed E-state index contributed by atoms with van der Waals surface area (Å²) in [6, 6.07) is 5.85. The van der Waals surface area contributed by atoms with Crippen molar-refractivity contribution in [2.75, 3.05) is 0 Å². The topological polar surface area (TPSA) is 71.4 Å². The first-order valence-corrected chi connectivity index (χ1v) is 5.43. The smallest absolute Gasteiger partial charge is 0.331 e. The van der Waals surface area contributed by atoms with Crippen molar-refractivity contribution in [2.24, 2.45) is 0 Å². The number of carboxylic acid groups (broad SMARTS) is 1. The summed E-state index contributed by atoms with van der Waals surface area (Å²) in [5.41, 5.74) is -0.650. The number of hydrogen-bond donors (Lipinski definition) is 1. The highest BCUT2D eigenvalue weighted by Crippen LogP contribution is 2.28. The molecule has 0 aliphatic heterocycles. The third kappa shape index (κ3) is 2.10. The number of halogens is 1. The van der Waals surface area contributed by atoms with Crippen molar-refractivity contribution in [2.45, 2.75) is 6.92 Å². The van der Waals surface area contributed by atoms with Gasteiger partial charge < -0.3 is 5.11 Å². The van der Waals surface area contributed by atoms with E-state index in [4.69, 9.17) is 5.11 Å². The number of carbonyl (C=O) groups excluding carboxylic acids is 2. The summed E-state index contributed by atoms with van der Waals surface area (Å²) >= 11 is 0. The third-order valence-electron chi connectivity index (χ3n) is 2.79. The van der Waals surface area contributed by atoms with Crippen molar-refractivity contribution in [3.63, 3.8) is 0 Å². The lowest BCUT2D eigenvalue weighted by atomic mass is 9.88. The minimum Gasteiger partial charge on any atom is -0.478 e. The quantitative estimate of drug-likeness (QED) is 0.828. The Balaban J connectivity index is 2.61. The van der Waals surface area contributed by atoms with Gasteiger partial charge in [0.25, 0.3) is 0 Å². The number of benzene rings is 1. The van der Waals surface area contributed by atoms with Crippen molar-refractivity contribution < 1.29 is 23.9 Å². The molecule has 0 spiro atoms. The fourth-order valence-electron chi connectivity index (χ4n) is 1.77. The van der Waals surface area contributed by atoms with Gasteiger partial charge in [0.1, 0.15) is 0 Å². The van der Waals surface area contributed by atoms with Crippen LogP contribution in [0.3, 0.4) is 0 Å². The number of rotatable bonds is 2. The second-order valence-electron chi connectivity index (χ2n) is 4.06. The van der Waals surface area contributed by atoms with Gasteiger partial charge in [-0.15, -0.1) is 0 Å². The number of carbonyl (C=O) groups is 3. The Morgan fingerprint density at radius 3 is 2.21 bits per heavy atom. The number of Topliss-reactive ketones (excluding diaryl/α,β-unsaturated/α-hetero) is 2. The van der Waals surface area contributed by atoms with Gasteiger partial charge in [0, 0.05) is 16.7 Å². The van der Waals surface area contributed by atoms with E-state index in [1.165, 1.54) is 25.1 Å². The molecule has 0 fully saturated rings. The van der Waals surface area contributed by atoms with Crippen LogP contribution in [-0.4, -0.2) is 22.6 Å². The summed E-state index contributed by atoms with van der Waals surface area (Å²) in [5, 5.41) is 8.74. The number of hydrogen-bond acceptors (Lipinski definition) is 3. The van der Waals surface area contributed by atoms with E-state index < -0.39 is 28.9 Å². The van der Waals surface area contributed by atoms with Crippen molar-refractivity contribution in [1.82, 2.24) is 0 Å². The van der Waals surface area contributed by atoms with Gasteiger partial charge >= 0.3 is 5.97 Å². The standard InChI is InChI=1S/C14H9FO4/c1-7(14(18)19)6-10-11(15)13(17)9-5-3-2-4-8(9)12(10)16/h2-6H,1H3,(H,18,19)/b7-6-. The lowest BCUT2D eigenvalue weighted by molar-refractivity contribution is -0.132. The highest BCUT2D eigenvalue weighted by molar-refractivity contribution is 6.27. The van der Waals surface area contributed by atoms with E-state index in [1.807, 2.05) is 0 Å². The molecule has 1 aliphatic carbocycles. The molecule has 2 rings (SSSR count). The number of aliphatic carboxylic acids is 1. The Kier molecular flexibility index (Phi) is 3.12. The first-order chi connectivity index (χ1) is 8.93. The zero-order valence-electron chi connectivity index (χ0n) is 9.94. The van der Waals surface area contributed by atoms with Crippen molar-refractivity contribution in [1.29, 1.82) is 0 Å². The molecule has 0 saturated heterocycles. The van der Waals surface area contributed by atoms with E-state index in [0.29, 0.717) is 0 Å². The first-order valence-electron chi connectivity index (χ1n) is 5.43. The minimum atomic E-state index is -1.28. The second kappa shape index (κ2) is 4.61. The highest BCUT2D eigenvalue weighted by Gasteiger charge is 2.31.